The molecule has 2 aromatic carbocycles. The molecule has 0 atom stereocenters. The van der Waals surface area contributed by atoms with Gasteiger partial charge in [-0.3, -0.25) is 0 Å². The summed E-state index contributed by atoms with van der Waals surface area (Å²) in [5, 5.41) is 4.12. The zero-order valence-corrected chi connectivity index (χ0v) is 11.1. The zero-order valence-electron chi connectivity index (χ0n) is 10.3. The van der Waals surface area contributed by atoms with E-state index in [9.17, 15) is 0 Å². The van der Waals surface area contributed by atoms with Crippen LogP contribution in [0.1, 0.15) is 12.5 Å². The Morgan fingerprint density at radius 3 is 2.72 bits per heavy atom. The van der Waals surface area contributed by atoms with Crippen molar-refractivity contribution in [2.24, 2.45) is 0 Å². The van der Waals surface area contributed by atoms with Crippen LogP contribution in [0.2, 0.25) is 5.02 Å². The highest BCUT2D eigenvalue weighted by Gasteiger charge is 2.00. The van der Waals surface area contributed by atoms with Gasteiger partial charge in [0, 0.05) is 23.3 Å². The molecule has 18 heavy (non-hydrogen) atoms. The second kappa shape index (κ2) is 6.31. The topological polar surface area (TPSA) is 21.3 Å². The number of hydrogen-bond acceptors (Lipinski definition) is 2. The van der Waals surface area contributed by atoms with Crippen LogP contribution in [0.5, 0.6) is 5.75 Å². The Balaban J connectivity index is 2.02. The molecular formula is C15H16ClNO. The van der Waals surface area contributed by atoms with Crippen LogP contribution < -0.4 is 10.1 Å². The highest BCUT2D eigenvalue weighted by molar-refractivity contribution is 6.31. The van der Waals surface area contributed by atoms with Crippen molar-refractivity contribution in [3.05, 3.63) is 59.1 Å². The average molecular weight is 262 g/mol. The predicted octanol–water partition coefficient (Wildman–Crippen LogP) is 4.35. The summed E-state index contributed by atoms with van der Waals surface area (Å²) in [5.41, 5.74) is 2.11. The fourth-order valence-electron chi connectivity index (χ4n) is 1.70. The van der Waals surface area contributed by atoms with E-state index in [1.165, 1.54) is 0 Å². The molecule has 2 nitrogen and oxygen atoms in total. The molecule has 2 aromatic rings. The number of benzene rings is 2. The second-order valence-electron chi connectivity index (χ2n) is 3.91. The van der Waals surface area contributed by atoms with Gasteiger partial charge < -0.3 is 10.1 Å². The molecule has 0 unspecified atom stereocenters. The molecule has 0 heterocycles. The van der Waals surface area contributed by atoms with Crippen molar-refractivity contribution in [2.45, 2.75) is 13.5 Å². The molecule has 0 aliphatic carbocycles. The number of halogens is 1. The largest absolute Gasteiger partial charge is 0.494 e. The standard InChI is InChI=1S/C15H16ClNO/c1-2-18-14-8-5-7-13(10-14)17-11-12-6-3-4-9-15(12)16/h3-10,17H,2,11H2,1H3. The van der Waals surface area contributed by atoms with Crippen molar-refractivity contribution >= 4 is 17.3 Å². The summed E-state index contributed by atoms with van der Waals surface area (Å²) >= 11 is 6.11. The molecule has 0 fully saturated rings. The molecule has 0 aromatic heterocycles. The van der Waals surface area contributed by atoms with Gasteiger partial charge in [-0.05, 0) is 30.7 Å². The Hall–Kier alpha value is -1.67. The zero-order chi connectivity index (χ0) is 12.8. The molecule has 0 saturated heterocycles. The highest BCUT2D eigenvalue weighted by Crippen LogP contribution is 2.20. The SMILES string of the molecule is CCOc1cccc(NCc2ccccc2Cl)c1. The molecule has 1 N–H and O–H groups in total. The minimum Gasteiger partial charge on any atom is -0.494 e. The van der Waals surface area contributed by atoms with E-state index >= 15 is 0 Å². The first-order chi connectivity index (χ1) is 8.79. The maximum absolute atomic E-state index is 6.11. The van der Waals surface area contributed by atoms with E-state index in [0.717, 1.165) is 22.0 Å². The smallest absolute Gasteiger partial charge is 0.121 e. The third kappa shape index (κ3) is 3.41. The van der Waals surface area contributed by atoms with Gasteiger partial charge in [0.1, 0.15) is 5.75 Å². The van der Waals surface area contributed by atoms with Gasteiger partial charge in [0.15, 0.2) is 0 Å². The van der Waals surface area contributed by atoms with Crippen molar-refractivity contribution in [3.63, 3.8) is 0 Å². The van der Waals surface area contributed by atoms with E-state index in [1.54, 1.807) is 0 Å². The van der Waals surface area contributed by atoms with Crippen LogP contribution in [0.25, 0.3) is 0 Å². The molecule has 0 bridgehead atoms. The van der Waals surface area contributed by atoms with Gasteiger partial charge in [-0.15, -0.1) is 0 Å². The van der Waals surface area contributed by atoms with Crippen LogP contribution in [0.4, 0.5) is 5.69 Å². The molecule has 0 aliphatic heterocycles. The van der Waals surface area contributed by atoms with Crippen molar-refractivity contribution in [1.82, 2.24) is 0 Å². The van der Waals surface area contributed by atoms with Crippen LogP contribution in [0.15, 0.2) is 48.5 Å². The van der Waals surface area contributed by atoms with Crippen molar-refractivity contribution in [2.75, 3.05) is 11.9 Å². The summed E-state index contributed by atoms with van der Waals surface area (Å²) in [6.07, 6.45) is 0. The van der Waals surface area contributed by atoms with Gasteiger partial charge in [-0.25, -0.2) is 0 Å². The van der Waals surface area contributed by atoms with E-state index in [-0.39, 0.29) is 0 Å². The Labute approximate surface area is 113 Å². The number of anilines is 1. The lowest BCUT2D eigenvalue weighted by molar-refractivity contribution is 0.340. The summed E-state index contributed by atoms with van der Waals surface area (Å²) in [5.74, 6) is 0.877. The fraction of sp³-hybridized carbons (Fsp3) is 0.200. The Bertz CT molecular complexity index is 513. The van der Waals surface area contributed by atoms with Crippen molar-refractivity contribution in [3.8, 4) is 5.75 Å². The van der Waals surface area contributed by atoms with E-state index in [4.69, 9.17) is 16.3 Å². The fourth-order valence-corrected chi connectivity index (χ4v) is 1.90. The normalized spacial score (nSPS) is 10.1. The molecule has 3 heteroatoms. The van der Waals surface area contributed by atoms with Gasteiger partial charge in [-0.1, -0.05) is 35.9 Å². The van der Waals surface area contributed by atoms with Gasteiger partial charge in [0.05, 0.1) is 6.61 Å². The van der Waals surface area contributed by atoms with Gasteiger partial charge in [0.2, 0.25) is 0 Å². The third-order valence-corrected chi connectivity index (χ3v) is 2.95. The summed E-state index contributed by atoms with van der Waals surface area (Å²) in [4.78, 5) is 0. The first-order valence-corrected chi connectivity index (χ1v) is 6.37. The van der Waals surface area contributed by atoms with E-state index < -0.39 is 0 Å². The van der Waals surface area contributed by atoms with E-state index in [1.807, 2.05) is 55.5 Å². The van der Waals surface area contributed by atoms with E-state index in [2.05, 4.69) is 5.32 Å². The van der Waals surface area contributed by atoms with Crippen LogP contribution in [0.3, 0.4) is 0 Å². The Morgan fingerprint density at radius 1 is 1.11 bits per heavy atom. The van der Waals surface area contributed by atoms with Crippen molar-refractivity contribution < 1.29 is 4.74 Å². The molecule has 0 aliphatic rings. The van der Waals surface area contributed by atoms with Crippen LogP contribution in [-0.4, -0.2) is 6.61 Å². The quantitative estimate of drug-likeness (QED) is 0.864. The van der Waals surface area contributed by atoms with Gasteiger partial charge >= 0.3 is 0 Å². The number of rotatable bonds is 5. The molecule has 0 amide bonds. The summed E-state index contributed by atoms with van der Waals surface area (Å²) in [6, 6.07) is 15.8. The Kier molecular flexibility index (Phi) is 4.48. The molecule has 0 saturated carbocycles. The number of hydrogen-bond donors (Lipinski definition) is 1. The number of ether oxygens (including phenoxy) is 1. The average Bonchev–Trinajstić information content (AvgIpc) is 2.39. The summed E-state index contributed by atoms with van der Waals surface area (Å²) in [6.45, 7) is 3.35. The predicted molar refractivity (Wildman–Crippen MR) is 76.4 cm³/mol. The maximum atomic E-state index is 6.11. The lowest BCUT2D eigenvalue weighted by Gasteiger charge is -2.09. The number of nitrogens with one attached hydrogen (secondary N) is 1. The molecule has 2 rings (SSSR count). The minimum atomic E-state index is 0.675. The van der Waals surface area contributed by atoms with Crippen LogP contribution in [-0.2, 0) is 6.54 Å². The van der Waals surface area contributed by atoms with Gasteiger partial charge in [0.25, 0.3) is 0 Å². The molecule has 0 radical (unpaired) electrons. The molecule has 0 spiro atoms. The lowest BCUT2D eigenvalue weighted by atomic mass is 10.2. The monoisotopic (exact) mass is 261 g/mol. The highest BCUT2D eigenvalue weighted by atomic mass is 35.5. The second-order valence-corrected chi connectivity index (χ2v) is 4.31. The third-order valence-electron chi connectivity index (χ3n) is 2.59. The maximum Gasteiger partial charge on any atom is 0.121 e. The first kappa shape index (κ1) is 12.8. The van der Waals surface area contributed by atoms with Crippen molar-refractivity contribution in [1.29, 1.82) is 0 Å². The first-order valence-electron chi connectivity index (χ1n) is 5.99. The van der Waals surface area contributed by atoms with Crippen LogP contribution >= 0.6 is 11.6 Å². The molecule has 94 valence electrons. The lowest BCUT2D eigenvalue weighted by Crippen LogP contribution is -2.00. The van der Waals surface area contributed by atoms with Crippen LogP contribution in [0, 0.1) is 0 Å². The molecular weight excluding hydrogens is 246 g/mol. The summed E-state index contributed by atoms with van der Waals surface area (Å²) < 4.78 is 5.46. The van der Waals surface area contributed by atoms with Gasteiger partial charge in [-0.2, -0.15) is 0 Å². The Morgan fingerprint density at radius 2 is 1.94 bits per heavy atom. The minimum absolute atomic E-state index is 0.675. The summed E-state index contributed by atoms with van der Waals surface area (Å²) in [7, 11) is 0. The van der Waals surface area contributed by atoms with E-state index in [0.29, 0.717) is 13.2 Å².